The van der Waals surface area contributed by atoms with Crippen molar-refractivity contribution in [1.82, 2.24) is 4.98 Å². The number of rotatable bonds is 2. The molecule has 92 valence electrons. The van der Waals surface area contributed by atoms with E-state index >= 15 is 0 Å². The van der Waals surface area contributed by atoms with Gasteiger partial charge in [0.2, 0.25) is 0 Å². The summed E-state index contributed by atoms with van der Waals surface area (Å²) in [5.41, 5.74) is -3.67. The first-order valence-electron chi connectivity index (χ1n) is 4.15. The maximum atomic E-state index is 12.5. The van der Waals surface area contributed by atoms with Crippen molar-refractivity contribution in [3.8, 4) is 11.8 Å². The van der Waals surface area contributed by atoms with Crippen LogP contribution in [-0.4, -0.2) is 12.1 Å². The molecule has 0 atom stereocenters. The highest BCUT2D eigenvalue weighted by Gasteiger charge is 2.38. The summed E-state index contributed by atoms with van der Waals surface area (Å²) < 4.78 is 66.5. The number of methoxy groups -OCH3 is 1. The van der Waals surface area contributed by atoms with Gasteiger partial charge in [-0.1, -0.05) is 0 Å². The molecule has 1 rings (SSSR count). The number of hydrogen-bond acceptors (Lipinski definition) is 3. The highest BCUT2D eigenvalue weighted by molar-refractivity contribution is 5.48. The van der Waals surface area contributed by atoms with Gasteiger partial charge in [0.15, 0.2) is 5.69 Å². The molecule has 1 heterocycles. The summed E-state index contributed by atoms with van der Waals surface area (Å²) in [6.07, 6.45) is -8.18. The zero-order valence-electron chi connectivity index (χ0n) is 8.35. The van der Waals surface area contributed by atoms with Gasteiger partial charge < -0.3 is 4.74 Å². The van der Waals surface area contributed by atoms with Crippen molar-refractivity contribution in [2.75, 3.05) is 7.11 Å². The van der Waals surface area contributed by atoms with Crippen LogP contribution in [0.3, 0.4) is 0 Å². The van der Waals surface area contributed by atoms with E-state index in [1.165, 1.54) is 6.07 Å². The van der Waals surface area contributed by atoms with E-state index in [0.29, 0.717) is 6.07 Å². The summed E-state index contributed by atoms with van der Waals surface area (Å²) in [5.74, 6) is -0.579. The van der Waals surface area contributed by atoms with E-state index in [1.54, 1.807) is 0 Å². The monoisotopic (exact) mass is 252 g/mol. The second-order valence-corrected chi connectivity index (χ2v) is 2.88. The molecule has 1 aromatic rings. The standard InChI is InChI=1S/C9H5F5N2O/c1-17-6-2-5(8(10)11)16-7(4(6)3-15)9(12,13)14/h2,8H,1H3. The molecule has 0 saturated heterocycles. The predicted molar refractivity (Wildman–Crippen MR) is 45.5 cm³/mol. The van der Waals surface area contributed by atoms with Gasteiger partial charge in [0.25, 0.3) is 6.43 Å². The quantitative estimate of drug-likeness (QED) is 0.760. The molecule has 0 amide bonds. The third-order valence-corrected chi connectivity index (χ3v) is 1.83. The number of aromatic nitrogens is 1. The normalized spacial score (nSPS) is 11.4. The van der Waals surface area contributed by atoms with Gasteiger partial charge in [0, 0.05) is 6.07 Å². The van der Waals surface area contributed by atoms with Gasteiger partial charge in [-0.05, 0) is 0 Å². The van der Waals surface area contributed by atoms with Crippen molar-refractivity contribution >= 4 is 0 Å². The number of ether oxygens (including phenoxy) is 1. The van der Waals surface area contributed by atoms with Gasteiger partial charge in [0.05, 0.1) is 7.11 Å². The van der Waals surface area contributed by atoms with Gasteiger partial charge >= 0.3 is 6.18 Å². The fourth-order valence-corrected chi connectivity index (χ4v) is 1.13. The Labute approximate surface area is 92.4 Å². The molecular formula is C9H5F5N2O. The van der Waals surface area contributed by atoms with Crippen LogP contribution in [0, 0.1) is 11.3 Å². The third-order valence-electron chi connectivity index (χ3n) is 1.83. The first-order chi connectivity index (χ1) is 7.81. The molecule has 0 radical (unpaired) electrons. The lowest BCUT2D eigenvalue weighted by molar-refractivity contribution is -0.141. The van der Waals surface area contributed by atoms with E-state index in [2.05, 4.69) is 9.72 Å². The molecule has 0 N–H and O–H groups in total. The Balaban J connectivity index is 3.56. The molecule has 0 aliphatic rings. The minimum atomic E-state index is -5.00. The maximum Gasteiger partial charge on any atom is 0.434 e. The number of nitrogens with zero attached hydrogens (tertiary/aromatic N) is 2. The largest absolute Gasteiger partial charge is 0.495 e. The third kappa shape index (κ3) is 2.61. The van der Waals surface area contributed by atoms with E-state index in [4.69, 9.17) is 5.26 Å². The van der Waals surface area contributed by atoms with Crippen LogP contribution in [0.4, 0.5) is 22.0 Å². The van der Waals surface area contributed by atoms with Gasteiger partial charge in [0.1, 0.15) is 23.1 Å². The molecule has 8 heteroatoms. The lowest BCUT2D eigenvalue weighted by Gasteiger charge is -2.12. The maximum absolute atomic E-state index is 12.5. The number of pyridine rings is 1. The Hall–Kier alpha value is -1.91. The first kappa shape index (κ1) is 13.2. The van der Waals surface area contributed by atoms with Crippen LogP contribution in [0.1, 0.15) is 23.4 Å². The van der Waals surface area contributed by atoms with Gasteiger partial charge in [-0.2, -0.15) is 18.4 Å². The van der Waals surface area contributed by atoms with Crippen LogP contribution in [0.25, 0.3) is 0 Å². The highest BCUT2D eigenvalue weighted by Crippen LogP contribution is 2.36. The molecule has 0 aromatic carbocycles. The molecule has 0 bridgehead atoms. The van der Waals surface area contributed by atoms with E-state index in [-0.39, 0.29) is 0 Å². The molecule has 0 aliphatic carbocycles. The fraction of sp³-hybridized carbons (Fsp3) is 0.333. The molecule has 1 aromatic heterocycles. The lowest BCUT2D eigenvalue weighted by atomic mass is 10.1. The van der Waals surface area contributed by atoms with Crippen LogP contribution in [0.15, 0.2) is 6.07 Å². The summed E-state index contributed by atoms with van der Waals surface area (Å²) >= 11 is 0. The van der Waals surface area contributed by atoms with Crippen molar-refractivity contribution in [2.45, 2.75) is 12.6 Å². The SMILES string of the molecule is COc1cc(C(F)F)nc(C(F)(F)F)c1C#N. The van der Waals surface area contributed by atoms with Gasteiger partial charge in [-0.25, -0.2) is 13.8 Å². The second kappa shape index (κ2) is 4.53. The molecule has 3 nitrogen and oxygen atoms in total. The number of hydrogen-bond donors (Lipinski definition) is 0. The number of alkyl halides is 5. The average Bonchev–Trinajstić information content (AvgIpc) is 2.25. The highest BCUT2D eigenvalue weighted by atomic mass is 19.4. The summed E-state index contributed by atoms with van der Waals surface area (Å²) in [4.78, 5) is 2.75. The number of nitriles is 1. The van der Waals surface area contributed by atoms with E-state index in [0.717, 1.165) is 7.11 Å². The van der Waals surface area contributed by atoms with Crippen LogP contribution in [0.5, 0.6) is 5.75 Å². The summed E-state index contributed by atoms with van der Waals surface area (Å²) in [6, 6.07) is 1.84. The van der Waals surface area contributed by atoms with Crippen LogP contribution >= 0.6 is 0 Å². The summed E-state index contributed by atoms with van der Waals surface area (Å²) in [7, 11) is 0.978. The Morgan fingerprint density at radius 1 is 1.41 bits per heavy atom. The topological polar surface area (TPSA) is 45.9 Å². The Morgan fingerprint density at radius 3 is 2.35 bits per heavy atom. The first-order valence-corrected chi connectivity index (χ1v) is 4.15. The molecule has 0 fully saturated rings. The number of halogens is 5. The Kier molecular flexibility index (Phi) is 3.50. The minimum Gasteiger partial charge on any atom is -0.495 e. The average molecular weight is 252 g/mol. The zero-order chi connectivity index (χ0) is 13.2. The summed E-state index contributed by atoms with van der Waals surface area (Å²) in [5, 5.41) is 8.57. The molecule has 17 heavy (non-hydrogen) atoms. The Morgan fingerprint density at radius 2 is 2.00 bits per heavy atom. The van der Waals surface area contributed by atoms with Crippen LogP contribution < -0.4 is 4.74 Å². The van der Waals surface area contributed by atoms with E-state index in [1.807, 2.05) is 0 Å². The van der Waals surface area contributed by atoms with Crippen LogP contribution in [-0.2, 0) is 6.18 Å². The van der Waals surface area contributed by atoms with Crippen molar-refractivity contribution in [3.63, 3.8) is 0 Å². The lowest BCUT2D eigenvalue weighted by Crippen LogP contribution is -2.13. The van der Waals surface area contributed by atoms with Crippen molar-refractivity contribution in [3.05, 3.63) is 23.0 Å². The Bertz CT molecular complexity index is 464. The van der Waals surface area contributed by atoms with Gasteiger partial charge in [-0.15, -0.1) is 0 Å². The molecular weight excluding hydrogens is 247 g/mol. The van der Waals surface area contributed by atoms with E-state index in [9.17, 15) is 22.0 Å². The fourth-order valence-electron chi connectivity index (χ4n) is 1.13. The summed E-state index contributed by atoms with van der Waals surface area (Å²) in [6.45, 7) is 0. The molecule has 0 saturated carbocycles. The second-order valence-electron chi connectivity index (χ2n) is 2.88. The van der Waals surface area contributed by atoms with Gasteiger partial charge in [-0.3, -0.25) is 0 Å². The predicted octanol–water partition coefficient (Wildman–Crippen LogP) is 2.92. The molecule has 0 spiro atoms. The zero-order valence-corrected chi connectivity index (χ0v) is 8.35. The smallest absolute Gasteiger partial charge is 0.434 e. The van der Waals surface area contributed by atoms with Crippen LogP contribution in [0.2, 0.25) is 0 Å². The molecule has 0 aliphatic heterocycles. The van der Waals surface area contributed by atoms with Crippen molar-refractivity contribution < 1.29 is 26.7 Å². The van der Waals surface area contributed by atoms with Crippen molar-refractivity contribution in [2.24, 2.45) is 0 Å². The van der Waals surface area contributed by atoms with E-state index < -0.39 is 35.3 Å². The molecule has 0 unspecified atom stereocenters. The van der Waals surface area contributed by atoms with Crippen molar-refractivity contribution in [1.29, 1.82) is 5.26 Å². The minimum absolute atomic E-state index is 0.579.